The SMILES string of the molecule is CC(C)CN(C(=O)c1ccc(O)cc1)C(C)C. The van der Waals surface area contributed by atoms with Gasteiger partial charge < -0.3 is 10.0 Å². The van der Waals surface area contributed by atoms with Crippen molar-refractivity contribution < 1.29 is 9.90 Å². The Kier molecular flexibility index (Phi) is 4.55. The monoisotopic (exact) mass is 235 g/mol. The molecule has 1 aromatic rings. The highest BCUT2D eigenvalue weighted by molar-refractivity contribution is 5.94. The van der Waals surface area contributed by atoms with Gasteiger partial charge in [-0.25, -0.2) is 0 Å². The molecule has 3 nitrogen and oxygen atoms in total. The maximum absolute atomic E-state index is 12.3. The van der Waals surface area contributed by atoms with Crippen molar-refractivity contribution in [2.75, 3.05) is 6.54 Å². The fourth-order valence-electron chi connectivity index (χ4n) is 1.69. The highest BCUT2D eigenvalue weighted by Crippen LogP contribution is 2.14. The van der Waals surface area contributed by atoms with Crippen molar-refractivity contribution in [1.82, 2.24) is 4.90 Å². The number of hydrogen-bond donors (Lipinski definition) is 1. The quantitative estimate of drug-likeness (QED) is 0.871. The molecule has 1 rings (SSSR count). The van der Waals surface area contributed by atoms with Gasteiger partial charge in [0.15, 0.2) is 0 Å². The predicted molar refractivity (Wildman–Crippen MR) is 69.1 cm³/mol. The van der Waals surface area contributed by atoms with E-state index in [1.165, 1.54) is 0 Å². The Labute approximate surface area is 103 Å². The molecule has 0 atom stereocenters. The maximum Gasteiger partial charge on any atom is 0.254 e. The zero-order valence-electron chi connectivity index (χ0n) is 11.0. The third-order valence-electron chi connectivity index (χ3n) is 2.56. The van der Waals surface area contributed by atoms with Gasteiger partial charge in [0, 0.05) is 18.2 Å². The fourth-order valence-corrected chi connectivity index (χ4v) is 1.69. The van der Waals surface area contributed by atoms with Gasteiger partial charge in [0.05, 0.1) is 0 Å². The van der Waals surface area contributed by atoms with Crippen LogP contribution in [0.4, 0.5) is 0 Å². The topological polar surface area (TPSA) is 40.5 Å². The molecule has 0 bridgehead atoms. The highest BCUT2D eigenvalue weighted by atomic mass is 16.3. The van der Waals surface area contributed by atoms with Gasteiger partial charge in [0.1, 0.15) is 5.75 Å². The van der Waals surface area contributed by atoms with E-state index < -0.39 is 0 Å². The average Bonchev–Trinajstić information content (AvgIpc) is 2.25. The second kappa shape index (κ2) is 5.71. The molecule has 0 saturated heterocycles. The van der Waals surface area contributed by atoms with E-state index in [9.17, 15) is 9.90 Å². The van der Waals surface area contributed by atoms with Gasteiger partial charge in [-0.05, 0) is 44.0 Å². The van der Waals surface area contributed by atoms with Crippen LogP contribution >= 0.6 is 0 Å². The van der Waals surface area contributed by atoms with Crippen LogP contribution in [0.25, 0.3) is 0 Å². The molecule has 0 aliphatic heterocycles. The summed E-state index contributed by atoms with van der Waals surface area (Å²) in [6.07, 6.45) is 0. The van der Waals surface area contributed by atoms with Crippen LogP contribution in [-0.4, -0.2) is 28.5 Å². The summed E-state index contributed by atoms with van der Waals surface area (Å²) in [5.41, 5.74) is 0.622. The predicted octanol–water partition coefficient (Wildman–Crippen LogP) is 2.90. The van der Waals surface area contributed by atoms with Crippen molar-refractivity contribution in [1.29, 1.82) is 0 Å². The highest BCUT2D eigenvalue weighted by Gasteiger charge is 2.19. The molecule has 0 aliphatic carbocycles. The lowest BCUT2D eigenvalue weighted by Gasteiger charge is -2.28. The number of phenols is 1. The number of aromatic hydroxyl groups is 1. The first-order valence-corrected chi connectivity index (χ1v) is 6.01. The number of hydrogen-bond acceptors (Lipinski definition) is 2. The maximum atomic E-state index is 12.3. The van der Waals surface area contributed by atoms with Crippen molar-refractivity contribution >= 4 is 5.91 Å². The van der Waals surface area contributed by atoms with Gasteiger partial charge in [-0.15, -0.1) is 0 Å². The summed E-state index contributed by atoms with van der Waals surface area (Å²) < 4.78 is 0. The van der Waals surface area contributed by atoms with Crippen LogP contribution < -0.4 is 0 Å². The zero-order chi connectivity index (χ0) is 13.0. The molecule has 1 N–H and O–H groups in total. The van der Waals surface area contributed by atoms with Crippen LogP contribution in [0.3, 0.4) is 0 Å². The van der Waals surface area contributed by atoms with Crippen LogP contribution in [0.2, 0.25) is 0 Å². The van der Waals surface area contributed by atoms with Gasteiger partial charge in [0.25, 0.3) is 5.91 Å². The molecule has 1 amide bonds. The standard InChI is InChI=1S/C14H21NO2/c1-10(2)9-15(11(3)4)14(17)12-5-7-13(16)8-6-12/h5-8,10-11,16H,9H2,1-4H3. The minimum Gasteiger partial charge on any atom is -0.508 e. The molecule has 0 radical (unpaired) electrons. The van der Waals surface area contributed by atoms with Gasteiger partial charge in [-0.3, -0.25) is 4.79 Å². The normalized spacial score (nSPS) is 10.9. The number of nitrogens with zero attached hydrogens (tertiary/aromatic N) is 1. The van der Waals surface area contributed by atoms with Gasteiger partial charge in [-0.1, -0.05) is 13.8 Å². The minimum atomic E-state index is 0.0219. The lowest BCUT2D eigenvalue weighted by atomic mass is 10.1. The number of rotatable bonds is 4. The Balaban J connectivity index is 2.88. The van der Waals surface area contributed by atoms with Gasteiger partial charge >= 0.3 is 0 Å². The van der Waals surface area contributed by atoms with Crippen LogP contribution in [0.15, 0.2) is 24.3 Å². The minimum absolute atomic E-state index is 0.0219. The van der Waals surface area contributed by atoms with Gasteiger partial charge in [-0.2, -0.15) is 0 Å². The van der Waals surface area contributed by atoms with Crippen LogP contribution in [0.5, 0.6) is 5.75 Å². The van der Waals surface area contributed by atoms with E-state index in [-0.39, 0.29) is 17.7 Å². The summed E-state index contributed by atoms with van der Waals surface area (Å²) >= 11 is 0. The average molecular weight is 235 g/mol. The van der Waals surface area contributed by atoms with Crippen molar-refractivity contribution in [3.8, 4) is 5.75 Å². The summed E-state index contributed by atoms with van der Waals surface area (Å²) in [6, 6.07) is 6.59. The summed E-state index contributed by atoms with van der Waals surface area (Å²) in [7, 11) is 0. The van der Waals surface area contributed by atoms with Crippen molar-refractivity contribution in [3.63, 3.8) is 0 Å². The van der Waals surface area contributed by atoms with Crippen LogP contribution in [0.1, 0.15) is 38.1 Å². The molecule has 0 saturated carbocycles. The Hall–Kier alpha value is -1.51. The van der Waals surface area contributed by atoms with E-state index in [2.05, 4.69) is 13.8 Å². The van der Waals surface area contributed by atoms with Crippen molar-refractivity contribution in [3.05, 3.63) is 29.8 Å². The molecular formula is C14H21NO2. The summed E-state index contributed by atoms with van der Waals surface area (Å²) in [6.45, 7) is 8.97. The summed E-state index contributed by atoms with van der Waals surface area (Å²) in [4.78, 5) is 14.1. The van der Waals surface area contributed by atoms with E-state index in [1.54, 1.807) is 24.3 Å². The van der Waals surface area contributed by atoms with E-state index >= 15 is 0 Å². The van der Waals surface area contributed by atoms with E-state index in [4.69, 9.17) is 0 Å². The van der Waals surface area contributed by atoms with Gasteiger partial charge in [0.2, 0.25) is 0 Å². The smallest absolute Gasteiger partial charge is 0.254 e. The molecule has 3 heteroatoms. The lowest BCUT2D eigenvalue weighted by Crippen LogP contribution is -2.39. The lowest BCUT2D eigenvalue weighted by molar-refractivity contribution is 0.0682. The first-order valence-electron chi connectivity index (χ1n) is 6.01. The molecule has 0 aromatic heterocycles. The Morgan fingerprint density at radius 2 is 1.71 bits per heavy atom. The zero-order valence-corrected chi connectivity index (χ0v) is 11.0. The third kappa shape index (κ3) is 3.77. The second-order valence-electron chi connectivity index (χ2n) is 4.99. The number of benzene rings is 1. The first-order chi connectivity index (χ1) is 7.91. The fraction of sp³-hybridized carbons (Fsp3) is 0.500. The molecule has 94 valence electrons. The Bertz CT molecular complexity index is 368. The number of amides is 1. The molecule has 0 heterocycles. The number of carbonyl (C=O) groups excluding carboxylic acids is 1. The molecule has 0 aliphatic rings. The van der Waals surface area contributed by atoms with Crippen molar-refractivity contribution in [2.24, 2.45) is 5.92 Å². The van der Waals surface area contributed by atoms with E-state index in [0.717, 1.165) is 6.54 Å². The van der Waals surface area contributed by atoms with Crippen LogP contribution in [0, 0.1) is 5.92 Å². The summed E-state index contributed by atoms with van der Waals surface area (Å²) in [5, 5.41) is 9.21. The number of carbonyl (C=O) groups is 1. The third-order valence-corrected chi connectivity index (χ3v) is 2.56. The number of phenolic OH excluding ortho intramolecular Hbond substituents is 1. The van der Waals surface area contributed by atoms with Crippen molar-refractivity contribution in [2.45, 2.75) is 33.7 Å². The molecule has 0 spiro atoms. The van der Waals surface area contributed by atoms with Crippen LogP contribution in [-0.2, 0) is 0 Å². The Morgan fingerprint density at radius 3 is 2.12 bits per heavy atom. The molecule has 1 aromatic carbocycles. The van der Waals surface area contributed by atoms with E-state index in [0.29, 0.717) is 11.5 Å². The molecule has 0 fully saturated rings. The molecule has 17 heavy (non-hydrogen) atoms. The second-order valence-corrected chi connectivity index (χ2v) is 4.99. The molecular weight excluding hydrogens is 214 g/mol. The Morgan fingerprint density at radius 1 is 1.18 bits per heavy atom. The largest absolute Gasteiger partial charge is 0.508 e. The molecule has 0 unspecified atom stereocenters. The summed E-state index contributed by atoms with van der Waals surface area (Å²) in [5.74, 6) is 0.647. The first kappa shape index (κ1) is 13.6. The van der Waals surface area contributed by atoms with E-state index in [1.807, 2.05) is 18.7 Å².